The molecule has 1 heterocycles. The molecule has 0 fully saturated rings. The van der Waals surface area contributed by atoms with Gasteiger partial charge in [0, 0.05) is 11.9 Å². The van der Waals surface area contributed by atoms with E-state index in [4.69, 9.17) is 10.5 Å². The zero-order valence-electron chi connectivity index (χ0n) is 11.1. The fourth-order valence-corrected chi connectivity index (χ4v) is 2.19. The van der Waals surface area contributed by atoms with Gasteiger partial charge in [0.15, 0.2) is 0 Å². The number of ether oxygens (including phenoxy) is 1. The van der Waals surface area contributed by atoms with Gasteiger partial charge in [0.2, 0.25) is 0 Å². The van der Waals surface area contributed by atoms with Crippen molar-refractivity contribution in [1.82, 2.24) is 15.0 Å². The zero-order chi connectivity index (χ0) is 13.8. The van der Waals surface area contributed by atoms with Crippen LogP contribution in [-0.2, 0) is 13.1 Å². The fourth-order valence-electron chi connectivity index (χ4n) is 2.19. The lowest BCUT2D eigenvalue weighted by molar-refractivity contribution is 0.290. The molecule has 0 unspecified atom stereocenters. The third-order valence-electron chi connectivity index (χ3n) is 3.22. The van der Waals surface area contributed by atoms with Gasteiger partial charge in [0.1, 0.15) is 12.4 Å². The Morgan fingerprint density at radius 2 is 1.95 bits per heavy atom. The summed E-state index contributed by atoms with van der Waals surface area (Å²) in [6.45, 7) is 1.60. The monoisotopic (exact) mass is 268 g/mol. The van der Waals surface area contributed by atoms with Crippen molar-refractivity contribution in [1.29, 1.82) is 0 Å². The maximum atomic E-state index is 5.86. The Hall–Kier alpha value is -2.40. The van der Waals surface area contributed by atoms with Crippen molar-refractivity contribution < 1.29 is 4.74 Å². The Labute approximate surface area is 117 Å². The molecule has 0 aliphatic rings. The van der Waals surface area contributed by atoms with Gasteiger partial charge < -0.3 is 10.5 Å². The molecule has 0 atom stereocenters. The van der Waals surface area contributed by atoms with E-state index < -0.39 is 0 Å². The molecule has 0 bridgehead atoms. The normalized spacial score (nSPS) is 10.8. The molecule has 0 saturated heterocycles. The number of rotatable bonds is 5. The minimum absolute atomic E-state index is 0.432. The number of fused-ring (bicyclic) bond motifs is 1. The van der Waals surface area contributed by atoms with Crippen LogP contribution < -0.4 is 10.5 Å². The van der Waals surface area contributed by atoms with E-state index in [1.807, 2.05) is 24.3 Å². The Kier molecular flexibility index (Phi) is 3.60. The van der Waals surface area contributed by atoms with Gasteiger partial charge in [-0.2, -0.15) is 0 Å². The SMILES string of the molecule is NCc1cnnn1CCOc1cccc2ccccc12. The quantitative estimate of drug-likeness (QED) is 0.768. The summed E-state index contributed by atoms with van der Waals surface area (Å²) in [6, 6.07) is 14.2. The first kappa shape index (κ1) is 12.6. The van der Waals surface area contributed by atoms with Gasteiger partial charge in [-0.1, -0.05) is 41.6 Å². The number of aromatic nitrogens is 3. The van der Waals surface area contributed by atoms with Gasteiger partial charge in [-0.05, 0) is 11.5 Å². The van der Waals surface area contributed by atoms with E-state index in [1.54, 1.807) is 10.9 Å². The van der Waals surface area contributed by atoms with Gasteiger partial charge in [-0.3, -0.25) is 0 Å². The van der Waals surface area contributed by atoms with Crippen LogP contribution >= 0.6 is 0 Å². The lowest BCUT2D eigenvalue weighted by Gasteiger charge is -2.10. The largest absolute Gasteiger partial charge is 0.491 e. The van der Waals surface area contributed by atoms with Crippen LogP contribution in [0.25, 0.3) is 10.8 Å². The van der Waals surface area contributed by atoms with Crippen LogP contribution in [0.1, 0.15) is 5.69 Å². The van der Waals surface area contributed by atoms with Gasteiger partial charge in [-0.25, -0.2) is 4.68 Å². The second-order valence-corrected chi connectivity index (χ2v) is 4.48. The molecule has 5 nitrogen and oxygen atoms in total. The van der Waals surface area contributed by atoms with Crippen LogP contribution in [0, 0.1) is 0 Å². The minimum Gasteiger partial charge on any atom is -0.491 e. The minimum atomic E-state index is 0.432. The predicted molar refractivity (Wildman–Crippen MR) is 77.4 cm³/mol. The maximum absolute atomic E-state index is 5.86. The van der Waals surface area contributed by atoms with Crippen molar-refractivity contribution in [3.63, 3.8) is 0 Å². The smallest absolute Gasteiger partial charge is 0.127 e. The van der Waals surface area contributed by atoms with Crippen molar-refractivity contribution in [2.24, 2.45) is 5.73 Å². The number of hydrogen-bond donors (Lipinski definition) is 1. The lowest BCUT2D eigenvalue weighted by Crippen LogP contribution is -2.14. The Balaban J connectivity index is 1.71. The molecular weight excluding hydrogens is 252 g/mol. The van der Waals surface area contributed by atoms with E-state index in [-0.39, 0.29) is 0 Å². The lowest BCUT2D eigenvalue weighted by atomic mass is 10.1. The summed E-state index contributed by atoms with van der Waals surface area (Å²) in [5, 5.41) is 10.1. The molecule has 0 aliphatic heterocycles. The summed E-state index contributed by atoms with van der Waals surface area (Å²) < 4.78 is 7.63. The molecule has 20 heavy (non-hydrogen) atoms. The van der Waals surface area contributed by atoms with E-state index in [9.17, 15) is 0 Å². The Morgan fingerprint density at radius 3 is 2.85 bits per heavy atom. The van der Waals surface area contributed by atoms with E-state index in [0.29, 0.717) is 19.7 Å². The maximum Gasteiger partial charge on any atom is 0.127 e. The van der Waals surface area contributed by atoms with Gasteiger partial charge in [-0.15, -0.1) is 5.10 Å². The highest BCUT2D eigenvalue weighted by atomic mass is 16.5. The highest BCUT2D eigenvalue weighted by Gasteiger charge is 2.04. The van der Waals surface area contributed by atoms with Crippen molar-refractivity contribution >= 4 is 10.8 Å². The predicted octanol–water partition coefficient (Wildman–Crippen LogP) is 1.97. The first-order valence-electron chi connectivity index (χ1n) is 6.56. The van der Waals surface area contributed by atoms with E-state index in [1.165, 1.54) is 5.39 Å². The topological polar surface area (TPSA) is 66.0 Å². The summed E-state index contributed by atoms with van der Waals surface area (Å²) >= 11 is 0. The number of hydrogen-bond acceptors (Lipinski definition) is 4. The molecule has 2 N–H and O–H groups in total. The summed E-state index contributed by atoms with van der Waals surface area (Å²) in [5.74, 6) is 0.887. The molecule has 102 valence electrons. The summed E-state index contributed by atoms with van der Waals surface area (Å²) in [7, 11) is 0. The summed E-state index contributed by atoms with van der Waals surface area (Å²) in [5.41, 5.74) is 6.52. The Bertz CT molecular complexity index is 702. The number of nitrogens with two attached hydrogens (primary N) is 1. The standard InChI is InChI=1S/C15H16N4O/c16-10-13-11-17-18-19(13)8-9-20-15-7-3-5-12-4-1-2-6-14(12)15/h1-7,11H,8-10,16H2. The van der Waals surface area contributed by atoms with Crippen LogP contribution in [0.15, 0.2) is 48.7 Å². The molecule has 5 heteroatoms. The second-order valence-electron chi connectivity index (χ2n) is 4.48. The van der Waals surface area contributed by atoms with E-state index in [2.05, 4.69) is 28.5 Å². The molecule has 0 amide bonds. The molecule has 3 rings (SSSR count). The number of nitrogens with zero attached hydrogens (tertiary/aromatic N) is 3. The van der Waals surface area contributed by atoms with Gasteiger partial charge >= 0.3 is 0 Å². The third kappa shape index (κ3) is 2.48. The average molecular weight is 268 g/mol. The van der Waals surface area contributed by atoms with Crippen LogP contribution in [0.4, 0.5) is 0 Å². The molecule has 3 aromatic rings. The molecular formula is C15H16N4O. The molecule has 0 aliphatic carbocycles. The third-order valence-corrected chi connectivity index (χ3v) is 3.22. The van der Waals surface area contributed by atoms with E-state index in [0.717, 1.165) is 16.8 Å². The number of benzene rings is 2. The van der Waals surface area contributed by atoms with Crippen LogP contribution in [0.5, 0.6) is 5.75 Å². The Morgan fingerprint density at radius 1 is 1.10 bits per heavy atom. The average Bonchev–Trinajstić information content (AvgIpc) is 2.95. The first-order chi connectivity index (χ1) is 9.88. The summed E-state index contributed by atoms with van der Waals surface area (Å²) in [4.78, 5) is 0. The van der Waals surface area contributed by atoms with Crippen LogP contribution in [0.3, 0.4) is 0 Å². The van der Waals surface area contributed by atoms with Crippen LogP contribution in [0.2, 0.25) is 0 Å². The highest BCUT2D eigenvalue weighted by Crippen LogP contribution is 2.24. The van der Waals surface area contributed by atoms with Crippen LogP contribution in [-0.4, -0.2) is 21.6 Å². The zero-order valence-corrected chi connectivity index (χ0v) is 11.1. The fraction of sp³-hybridized carbons (Fsp3) is 0.200. The highest BCUT2D eigenvalue weighted by molar-refractivity contribution is 5.88. The van der Waals surface area contributed by atoms with Crippen molar-refractivity contribution in [2.75, 3.05) is 6.61 Å². The molecule has 1 aromatic heterocycles. The van der Waals surface area contributed by atoms with Crippen molar-refractivity contribution in [2.45, 2.75) is 13.1 Å². The molecule has 2 aromatic carbocycles. The molecule has 0 saturated carbocycles. The van der Waals surface area contributed by atoms with Gasteiger partial charge in [0.25, 0.3) is 0 Å². The van der Waals surface area contributed by atoms with Crippen molar-refractivity contribution in [3.05, 3.63) is 54.4 Å². The van der Waals surface area contributed by atoms with E-state index >= 15 is 0 Å². The summed E-state index contributed by atoms with van der Waals surface area (Å²) in [6.07, 6.45) is 1.68. The van der Waals surface area contributed by atoms with Gasteiger partial charge in [0.05, 0.1) is 18.4 Å². The van der Waals surface area contributed by atoms with Crippen molar-refractivity contribution in [3.8, 4) is 5.75 Å². The molecule has 0 radical (unpaired) electrons. The molecule has 0 spiro atoms. The first-order valence-corrected chi connectivity index (χ1v) is 6.56. The second kappa shape index (κ2) is 5.71.